The summed E-state index contributed by atoms with van der Waals surface area (Å²) in [6.07, 6.45) is 6.55. The highest BCUT2D eigenvalue weighted by atomic mass is 16.1. The zero-order chi connectivity index (χ0) is 13.7. The van der Waals surface area contributed by atoms with Crippen molar-refractivity contribution in [2.75, 3.05) is 6.54 Å². The number of hydrogen-bond acceptors (Lipinski definition) is 1. The molecule has 1 aliphatic rings. The van der Waals surface area contributed by atoms with Crippen molar-refractivity contribution in [1.82, 2.24) is 5.32 Å². The summed E-state index contributed by atoms with van der Waals surface area (Å²) in [4.78, 5) is 11.9. The predicted molar refractivity (Wildman–Crippen MR) is 79.3 cm³/mol. The van der Waals surface area contributed by atoms with Gasteiger partial charge in [0.25, 0.3) is 0 Å². The summed E-state index contributed by atoms with van der Waals surface area (Å²) >= 11 is 0. The van der Waals surface area contributed by atoms with Crippen molar-refractivity contribution in [3.63, 3.8) is 0 Å². The first kappa shape index (κ1) is 14.1. The van der Waals surface area contributed by atoms with Gasteiger partial charge in [-0.25, -0.2) is 0 Å². The molecule has 1 amide bonds. The fourth-order valence-electron chi connectivity index (χ4n) is 2.64. The molecule has 2 nitrogen and oxygen atoms in total. The van der Waals surface area contributed by atoms with E-state index in [1.165, 1.54) is 36.8 Å². The summed E-state index contributed by atoms with van der Waals surface area (Å²) in [5, 5.41) is 3.00. The molecule has 0 bridgehead atoms. The van der Waals surface area contributed by atoms with Crippen molar-refractivity contribution >= 4 is 5.91 Å². The molecule has 0 spiro atoms. The van der Waals surface area contributed by atoms with E-state index in [0.717, 1.165) is 18.5 Å². The molecule has 0 saturated carbocycles. The molecule has 0 atom stereocenters. The quantitative estimate of drug-likeness (QED) is 0.864. The molecule has 19 heavy (non-hydrogen) atoms. The third kappa shape index (κ3) is 4.38. The molecule has 0 aromatic heterocycles. The van der Waals surface area contributed by atoms with E-state index in [-0.39, 0.29) is 5.91 Å². The fourth-order valence-corrected chi connectivity index (χ4v) is 2.64. The molecule has 1 N–H and O–H groups in total. The van der Waals surface area contributed by atoms with E-state index in [0.29, 0.717) is 12.3 Å². The summed E-state index contributed by atoms with van der Waals surface area (Å²) in [6.45, 7) is 5.15. The van der Waals surface area contributed by atoms with Gasteiger partial charge in [-0.3, -0.25) is 4.79 Å². The topological polar surface area (TPSA) is 29.1 Å². The Balaban J connectivity index is 1.86. The summed E-state index contributed by atoms with van der Waals surface area (Å²) in [6, 6.07) is 6.56. The maximum absolute atomic E-state index is 11.9. The second-order valence-corrected chi connectivity index (χ2v) is 6.02. The molecule has 0 saturated heterocycles. The number of carbonyl (C=O) groups excluding carboxylic acids is 1. The van der Waals surface area contributed by atoms with E-state index >= 15 is 0 Å². The Morgan fingerprint density at radius 3 is 2.68 bits per heavy atom. The Morgan fingerprint density at radius 1 is 1.21 bits per heavy atom. The first-order chi connectivity index (χ1) is 9.15. The fraction of sp³-hybridized carbons (Fsp3) is 0.588. The standard InChI is InChI=1S/C17H25NO/c1-13(2)9-10-18-17(19)12-14-7-8-15-5-3-4-6-16(15)11-14/h7-8,11,13H,3-6,9-10,12H2,1-2H3,(H,18,19). The lowest BCUT2D eigenvalue weighted by Crippen LogP contribution is -2.26. The highest BCUT2D eigenvalue weighted by Gasteiger charge is 2.11. The zero-order valence-corrected chi connectivity index (χ0v) is 12.2. The van der Waals surface area contributed by atoms with Crippen LogP contribution in [0.2, 0.25) is 0 Å². The van der Waals surface area contributed by atoms with Gasteiger partial charge in [0.05, 0.1) is 6.42 Å². The second-order valence-electron chi connectivity index (χ2n) is 6.02. The van der Waals surface area contributed by atoms with Gasteiger partial charge in [-0.2, -0.15) is 0 Å². The van der Waals surface area contributed by atoms with Gasteiger partial charge in [-0.1, -0.05) is 32.0 Å². The van der Waals surface area contributed by atoms with Crippen molar-refractivity contribution in [3.05, 3.63) is 34.9 Å². The number of fused-ring (bicyclic) bond motifs is 1. The summed E-state index contributed by atoms with van der Waals surface area (Å²) in [5.41, 5.74) is 4.09. The molecule has 104 valence electrons. The minimum absolute atomic E-state index is 0.149. The van der Waals surface area contributed by atoms with Gasteiger partial charge < -0.3 is 5.32 Å². The van der Waals surface area contributed by atoms with Crippen LogP contribution in [0.1, 0.15) is 49.8 Å². The largest absolute Gasteiger partial charge is 0.356 e. The number of benzene rings is 1. The van der Waals surface area contributed by atoms with Gasteiger partial charge in [-0.15, -0.1) is 0 Å². The third-order valence-corrected chi connectivity index (χ3v) is 3.82. The number of aryl methyl sites for hydroxylation is 2. The summed E-state index contributed by atoms with van der Waals surface area (Å²) in [7, 11) is 0. The maximum Gasteiger partial charge on any atom is 0.224 e. The molecule has 0 aliphatic heterocycles. The number of amides is 1. The van der Waals surface area contributed by atoms with Gasteiger partial charge >= 0.3 is 0 Å². The third-order valence-electron chi connectivity index (χ3n) is 3.82. The highest BCUT2D eigenvalue weighted by Crippen LogP contribution is 2.22. The van der Waals surface area contributed by atoms with Crippen LogP contribution in [0, 0.1) is 5.92 Å². The monoisotopic (exact) mass is 259 g/mol. The maximum atomic E-state index is 11.9. The number of carbonyl (C=O) groups is 1. The van der Waals surface area contributed by atoms with E-state index in [1.807, 2.05) is 0 Å². The zero-order valence-electron chi connectivity index (χ0n) is 12.2. The van der Waals surface area contributed by atoms with Crippen LogP contribution in [0.5, 0.6) is 0 Å². The van der Waals surface area contributed by atoms with Crippen LogP contribution in [0.4, 0.5) is 0 Å². The van der Waals surface area contributed by atoms with Crippen LogP contribution in [-0.4, -0.2) is 12.5 Å². The molecular formula is C17H25NO. The molecular weight excluding hydrogens is 234 g/mol. The normalized spacial score (nSPS) is 14.3. The van der Waals surface area contributed by atoms with E-state index < -0.39 is 0 Å². The minimum atomic E-state index is 0.149. The summed E-state index contributed by atoms with van der Waals surface area (Å²) in [5.74, 6) is 0.792. The molecule has 1 aliphatic carbocycles. The van der Waals surface area contributed by atoms with Crippen LogP contribution >= 0.6 is 0 Å². The molecule has 2 heteroatoms. The molecule has 1 aromatic rings. The van der Waals surface area contributed by atoms with E-state index in [9.17, 15) is 4.79 Å². The molecule has 0 heterocycles. The van der Waals surface area contributed by atoms with E-state index in [2.05, 4.69) is 37.4 Å². The van der Waals surface area contributed by atoms with Gasteiger partial charge in [0.2, 0.25) is 5.91 Å². The first-order valence-corrected chi connectivity index (χ1v) is 7.52. The average Bonchev–Trinajstić information content (AvgIpc) is 2.38. The SMILES string of the molecule is CC(C)CCNC(=O)Cc1ccc2c(c1)CCCC2. The predicted octanol–water partition coefficient (Wildman–Crippen LogP) is 3.27. The Kier molecular flexibility index (Phi) is 5.00. The van der Waals surface area contributed by atoms with Gasteiger partial charge in [0, 0.05) is 6.54 Å². The summed E-state index contributed by atoms with van der Waals surface area (Å²) < 4.78 is 0. The highest BCUT2D eigenvalue weighted by molar-refractivity contribution is 5.78. The minimum Gasteiger partial charge on any atom is -0.356 e. The first-order valence-electron chi connectivity index (χ1n) is 7.52. The molecule has 0 unspecified atom stereocenters. The van der Waals surface area contributed by atoms with Crippen LogP contribution in [-0.2, 0) is 24.1 Å². The van der Waals surface area contributed by atoms with Gasteiger partial charge in [-0.05, 0) is 54.7 Å². The molecule has 1 aromatic carbocycles. The average molecular weight is 259 g/mol. The molecule has 0 radical (unpaired) electrons. The van der Waals surface area contributed by atoms with Crippen LogP contribution in [0.3, 0.4) is 0 Å². The van der Waals surface area contributed by atoms with Crippen molar-refractivity contribution in [3.8, 4) is 0 Å². The lowest BCUT2D eigenvalue weighted by atomic mass is 9.90. The van der Waals surface area contributed by atoms with Crippen LogP contribution < -0.4 is 5.32 Å². The number of nitrogens with one attached hydrogen (secondary N) is 1. The molecule has 0 fully saturated rings. The van der Waals surface area contributed by atoms with Crippen LogP contribution in [0.25, 0.3) is 0 Å². The smallest absolute Gasteiger partial charge is 0.224 e. The number of rotatable bonds is 5. The van der Waals surface area contributed by atoms with Gasteiger partial charge in [0.1, 0.15) is 0 Å². The van der Waals surface area contributed by atoms with Crippen molar-refractivity contribution in [2.45, 2.75) is 52.4 Å². The van der Waals surface area contributed by atoms with Crippen molar-refractivity contribution in [2.24, 2.45) is 5.92 Å². The Bertz CT molecular complexity index is 437. The second kappa shape index (κ2) is 6.74. The molecule has 2 rings (SSSR count). The van der Waals surface area contributed by atoms with Crippen molar-refractivity contribution < 1.29 is 4.79 Å². The van der Waals surface area contributed by atoms with E-state index in [4.69, 9.17) is 0 Å². The van der Waals surface area contributed by atoms with Crippen molar-refractivity contribution in [1.29, 1.82) is 0 Å². The van der Waals surface area contributed by atoms with Gasteiger partial charge in [0.15, 0.2) is 0 Å². The Hall–Kier alpha value is -1.31. The lowest BCUT2D eigenvalue weighted by Gasteiger charge is -2.16. The van der Waals surface area contributed by atoms with Crippen LogP contribution in [0.15, 0.2) is 18.2 Å². The number of hydrogen-bond donors (Lipinski definition) is 1. The van der Waals surface area contributed by atoms with E-state index in [1.54, 1.807) is 0 Å². The Labute approximate surface area is 116 Å². The lowest BCUT2D eigenvalue weighted by molar-refractivity contribution is -0.120. The Morgan fingerprint density at radius 2 is 1.95 bits per heavy atom.